The predicted molar refractivity (Wildman–Crippen MR) is 103 cm³/mol. The fourth-order valence-corrected chi connectivity index (χ4v) is 4.53. The minimum absolute atomic E-state index is 0.296. The zero-order valence-corrected chi connectivity index (χ0v) is 16.4. The van der Waals surface area contributed by atoms with Crippen molar-refractivity contribution in [3.63, 3.8) is 0 Å². The average molecular weight is 393 g/mol. The Hall–Kier alpha value is -1.85. The number of aryl methyl sites for hydroxylation is 1. The van der Waals surface area contributed by atoms with Crippen LogP contribution in [0.15, 0.2) is 24.3 Å². The summed E-state index contributed by atoms with van der Waals surface area (Å²) in [5.41, 5.74) is 1.65. The summed E-state index contributed by atoms with van der Waals surface area (Å²) in [7, 11) is 1.51. The zero-order valence-electron chi connectivity index (χ0n) is 14.8. The van der Waals surface area contributed by atoms with Gasteiger partial charge in [-0.25, -0.2) is 4.79 Å². The summed E-state index contributed by atoms with van der Waals surface area (Å²) >= 11 is 7.52. The molecule has 0 unspecified atom stereocenters. The Balaban J connectivity index is 1.61. The number of rotatable bonds is 6. The summed E-state index contributed by atoms with van der Waals surface area (Å²) in [6.07, 6.45) is 4.39. The summed E-state index contributed by atoms with van der Waals surface area (Å²) in [5.74, 6) is 0.456. The molecule has 0 amide bonds. The Morgan fingerprint density at radius 2 is 2.12 bits per heavy atom. The van der Waals surface area contributed by atoms with Crippen LogP contribution in [0.4, 0.5) is 0 Å². The van der Waals surface area contributed by atoms with Crippen LogP contribution in [0.2, 0.25) is 5.02 Å². The highest BCUT2D eigenvalue weighted by Gasteiger charge is 2.23. The van der Waals surface area contributed by atoms with Crippen LogP contribution in [0.5, 0.6) is 5.75 Å². The number of carbonyl (C=O) groups is 2. The molecule has 26 heavy (non-hydrogen) atoms. The Bertz CT molecular complexity index is 827. The fourth-order valence-electron chi connectivity index (χ4n) is 3.17. The first-order valence-corrected chi connectivity index (χ1v) is 9.86. The smallest absolute Gasteiger partial charge is 0.348 e. The number of esters is 1. The Morgan fingerprint density at radius 1 is 1.31 bits per heavy atom. The van der Waals surface area contributed by atoms with E-state index < -0.39 is 5.97 Å². The van der Waals surface area contributed by atoms with Gasteiger partial charge in [0, 0.05) is 10.4 Å². The van der Waals surface area contributed by atoms with Gasteiger partial charge < -0.3 is 9.47 Å². The van der Waals surface area contributed by atoms with E-state index >= 15 is 0 Å². The van der Waals surface area contributed by atoms with Crippen LogP contribution in [0.3, 0.4) is 0 Å². The maximum atomic E-state index is 12.3. The number of hydrogen-bond donors (Lipinski definition) is 0. The van der Waals surface area contributed by atoms with Crippen LogP contribution in [0.25, 0.3) is 0 Å². The van der Waals surface area contributed by atoms with E-state index in [1.54, 1.807) is 12.1 Å². The molecule has 1 aromatic carbocycles. The Kier molecular flexibility index (Phi) is 5.99. The highest BCUT2D eigenvalue weighted by atomic mass is 35.5. The molecule has 1 heterocycles. The lowest BCUT2D eigenvalue weighted by Crippen LogP contribution is -2.13. The molecule has 3 rings (SSSR count). The Labute approximate surface area is 162 Å². The molecule has 0 N–H and O–H groups in total. The van der Waals surface area contributed by atoms with Crippen molar-refractivity contribution in [2.45, 2.75) is 32.6 Å². The molecule has 0 radical (unpaired) electrons. The minimum atomic E-state index is -0.439. The molecule has 0 aliphatic heterocycles. The van der Waals surface area contributed by atoms with Crippen molar-refractivity contribution in [3.8, 4) is 5.75 Å². The van der Waals surface area contributed by atoms with Crippen molar-refractivity contribution in [1.82, 2.24) is 0 Å². The lowest BCUT2D eigenvalue weighted by atomic mass is 9.87. The predicted octanol–water partition coefficient (Wildman–Crippen LogP) is 4.96. The van der Waals surface area contributed by atoms with Crippen molar-refractivity contribution in [1.29, 1.82) is 0 Å². The molecule has 0 saturated carbocycles. The van der Waals surface area contributed by atoms with Gasteiger partial charge in [0.15, 0.2) is 12.4 Å². The van der Waals surface area contributed by atoms with E-state index in [9.17, 15) is 9.59 Å². The standard InChI is InChI=1S/C20H21ClO4S/c1-3-12-4-7-18-14(8-12)10-19(26-18)20(23)25-11-16(22)13-5-6-17(24-2)15(21)9-13/h5-6,9-10,12H,3-4,7-8,11H2,1-2H3/t12-/m0/s1. The molecule has 2 aromatic rings. The average Bonchev–Trinajstić information content (AvgIpc) is 3.08. The topological polar surface area (TPSA) is 52.6 Å². The molecule has 0 fully saturated rings. The van der Waals surface area contributed by atoms with Gasteiger partial charge >= 0.3 is 5.97 Å². The summed E-state index contributed by atoms with van der Waals surface area (Å²) < 4.78 is 10.3. The normalized spacial score (nSPS) is 16.0. The van der Waals surface area contributed by atoms with Crippen LogP contribution >= 0.6 is 22.9 Å². The third-order valence-electron chi connectivity index (χ3n) is 4.77. The SMILES string of the molecule is CC[C@H]1CCc2sc(C(=O)OCC(=O)c3ccc(OC)c(Cl)c3)cc2C1. The highest BCUT2D eigenvalue weighted by molar-refractivity contribution is 7.14. The van der Waals surface area contributed by atoms with Crippen LogP contribution < -0.4 is 4.74 Å². The lowest BCUT2D eigenvalue weighted by molar-refractivity contribution is 0.0479. The van der Waals surface area contributed by atoms with E-state index in [-0.39, 0.29) is 12.4 Å². The second-order valence-electron chi connectivity index (χ2n) is 6.42. The van der Waals surface area contributed by atoms with Gasteiger partial charge in [0.25, 0.3) is 0 Å². The van der Waals surface area contributed by atoms with Crippen LogP contribution in [0.1, 0.15) is 50.2 Å². The molecule has 6 heteroatoms. The third kappa shape index (κ3) is 4.10. The molecule has 0 bridgehead atoms. The molecule has 138 valence electrons. The van der Waals surface area contributed by atoms with Gasteiger partial charge in [-0.15, -0.1) is 11.3 Å². The number of benzene rings is 1. The zero-order chi connectivity index (χ0) is 18.7. The van der Waals surface area contributed by atoms with E-state index in [2.05, 4.69) is 6.92 Å². The van der Waals surface area contributed by atoms with E-state index in [4.69, 9.17) is 21.1 Å². The molecule has 0 saturated heterocycles. The van der Waals surface area contributed by atoms with E-state index in [0.717, 1.165) is 19.3 Å². The van der Waals surface area contributed by atoms with Gasteiger partial charge in [-0.2, -0.15) is 0 Å². The van der Waals surface area contributed by atoms with Crippen LogP contribution in [-0.4, -0.2) is 25.5 Å². The van der Waals surface area contributed by atoms with Gasteiger partial charge in [-0.05, 0) is 55.0 Å². The minimum Gasteiger partial charge on any atom is -0.495 e. The quantitative estimate of drug-likeness (QED) is 0.514. The number of ether oxygens (including phenoxy) is 2. The van der Waals surface area contributed by atoms with Crippen molar-refractivity contribution >= 4 is 34.7 Å². The van der Waals surface area contributed by atoms with Crippen molar-refractivity contribution < 1.29 is 19.1 Å². The maximum absolute atomic E-state index is 12.3. The monoisotopic (exact) mass is 392 g/mol. The molecule has 1 aliphatic rings. The lowest BCUT2D eigenvalue weighted by Gasteiger charge is -2.19. The molecule has 0 spiro atoms. The maximum Gasteiger partial charge on any atom is 0.348 e. The number of methoxy groups -OCH3 is 1. The van der Waals surface area contributed by atoms with Gasteiger partial charge in [-0.1, -0.05) is 24.9 Å². The fraction of sp³-hybridized carbons (Fsp3) is 0.400. The molecular formula is C20H21ClO4S. The number of carbonyl (C=O) groups excluding carboxylic acids is 2. The first-order chi connectivity index (χ1) is 12.5. The van der Waals surface area contributed by atoms with Gasteiger partial charge in [0.05, 0.1) is 12.1 Å². The summed E-state index contributed by atoms with van der Waals surface area (Å²) in [5, 5.41) is 0.348. The van der Waals surface area contributed by atoms with Crippen molar-refractivity contribution in [2.24, 2.45) is 5.92 Å². The van der Waals surface area contributed by atoms with Crippen molar-refractivity contribution in [3.05, 3.63) is 50.2 Å². The Morgan fingerprint density at radius 3 is 2.81 bits per heavy atom. The van der Waals surface area contributed by atoms with Crippen molar-refractivity contribution in [2.75, 3.05) is 13.7 Å². The van der Waals surface area contributed by atoms with E-state index in [1.165, 1.54) is 41.4 Å². The molecule has 1 atom stereocenters. The number of halogens is 1. The molecule has 4 nitrogen and oxygen atoms in total. The second-order valence-corrected chi connectivity index (χ2v) is 7.97. The first-order valence-electron chi connectivity index (χ1n) is 8.67. The van der Waals surface area contributed by atoms with E-state index in [0.29, 0.717) is 27.1 Å². The molecule has 1 aromatic heterocycles. The summed E-state index contributed by atoms with van der Waals surface area (Å²) in [6, 6.07) is 6.68. The summed E-state index contributed by atoms with van der Waals surface area (Å²) in [4.78, 5) is 26.4. The van der Waals surface area contributed by atoms with Crippen LogP contribution in [-0.2, 0) is 17.6 Å². The number of thiophene rings is 1. The molecular weight excluding hydrogens is 372 g/mol. The number of fused-ring (bicyclic) bond motifs is 1. The molecule has 1 aliphatic carbocycles. The summed E-state index contributed by atoms with van der Waals surface area (Å²) in [6.45, 7) is 1.90. The number of Topliss-reactive ketones (excluding diaryl/α,β-unsaturated/α-hetero) is 1. The number of ketones is 1. The van der Waals surface area contributed by atoms with Gasteiger partial charge in [-0.3, -0.25) is 4.79 Å². The number of hydrogen-bond acceptors (Lipinski definition) is 5. The van der Waals surface area contributed by atoms with E-state index in [1.807, 2.05) is 6.07 Å². The highest BCUT2D eigenvalue weighted by Crippen LogP contribution is 2.33. The second kappa shape index (κ2) is 8.23. The van der Waals surface area contributed by atoms with Gasteiger partial charge in [0.1, 0.15) is 10.6 Å². The third-order valence-corrected chi connectivity index (χ3v) is 6.28. The first kappa shape index (κ1) is 18.9. The van der Waals surface area contributed by atoms with Gasteiger partial charge in [0.2, 0.25) is 0 Å². The van der Waals surface area contributed by atoms with Crippen LogP contribution in [0, 0.1) is 5.92 Å². The largest absolute Gasteiger partial charge is 0.495 e.